The number of amides is 1. The van der Waals surface area contributed by atoms with Crippen LogP contribution in [0.5, 0.6) is 11.5 Å². The summed E-state index contributed by atoms with van der Waals surface area (Å²) in [6.07, 6.45) is 1.75. The molecule has 0 spiro atoms. The lowest BCUT2D eigenvalue weighted by Crippen LogP contribution is -2.14. The van der Waals surface area contributed by atoms with E-state index in [4.69, 9.17) is 16.3 Å². The fourth-order valence-corrected chi connectivity index (χ4v) is 3.13. The van der Waals surface area contributed by atoms with E-state index in [-0.39, 0.29) is 5.91 Å². The third-order valence-corrected chi connectivity index (χ3v) is 4.60. The minimum Gasteiger partial charge on any atom is -0.455 e. The van der Waals surface area contributed by atoms with Crippen molar-refractivity contribution in [3.63, 3.8) is 0 Å². The molecule has 0 saturated heterocycles. The molecule has 0 aliphatic carbocycles. The Kier molecular flexibility index (Phi) is 6.52. The van der Waals surface area contributed by atoms with Gasteiger partial charge in [-0.1, -0.05) is 35.9 Å². The van der Waals surface area contributed by atoms with Crippen LogP contribution < -0.4 is 10.1 Å². The van der Waals surface area contributed by atoms with Crippen molar-refractivity contribution in [1.29, 1.82) is 0 Å². The van der Waals surface area contributed by atoms with Gasteiger partial charge in [-0.2, -0.15) is 0 Å². The van der Waals surface area contributed by atoms with Gasteiger partial charge in [0.05, 0.1) is 17.1 Å². The quantitative estimate of drug-likeness (QED) is 0.592. The highest BCUT2D eigenvalue weighted by molar-refractivity contribution is 7.99. The normalized spacial score (nSPS) is 10.3. The summed E-state index contributed by atoms with van der Waals surface area (Å²) in [5.74, 6) is 2.11. The first-order valence-electron chi connectivity index (χ1n) is 8.01. The van der Waals surface area contributed by atoms with E-state index in [0.29, 0.717) is 33.7 Å². The number of para-hydroxylation sites is 1. The molecule has 0 saturated carbocycles. The van der Waals surface area contributed by atoms with Crippen molar-refractivity contribution >= 4 is 35.0 Å². The van der Waals surface area contributed by atoms with Crippen molar-refractivity contribution in [2.45, 2.75) is 5.75 Å². The number of hydrogen-bond acceptors (Lipinski definition) is 4. The largest absolute Gasteiger partial charge is 0.455 e. The Bertz CT molecular complexity index is 860. The van der Waals surface area contributed by atoms with E-state index in [9.17, 15) is 4.79 Å². The van der Waals surface area contributed by atoms with E-state index >= 15 is 0 Å². The number of nitrogens with one attached hydrogen (secondary N) is 1. The number of aromatic nitrogens is 1. The molecule has 0 aliphatic rings. The second kappa shape index (κ2) is 9.27. The molecule has 0 bridgehead atoms. The molecular weight excluding hydrogens is 368 g/mol. The molecule has 132 valence electrons. The summed E-state index contributed by atoms with van der Waals surface area (Å²) < 4.78 is 5.85. The third-order valence-electron chi connectivity index (χ3n) is 3.40. The van der Waals surface area contributed by atoms with Crippen molar-refractivity contribution in [3.8, 4) is 11.5 Å². The van der Waals surface area contributed by atoms with Crippen LogP contribution in [0, 0.1) is 0 Å². The topological polar surface area (TPSA) is 51.2 Å². The van der Waals surface area contributed by atoms with Gasteiger partial charge in [0, 0.05) is 17.0 Å². The summed E-state index contributed by atoms with van der Waals surface area (Å²) in [6, 6.07) is 20.3. The number of benzene rings is 2. The average Bonchev–Trinajstić information content (AvgIpc) is 2.66. The molecule has 0 aliphatic heterocycles. The predicted molar refractivity (Wildman–Crippen MR) is 107 cm³/mol. The van der Waals surface area contributed by atoms with Crippen LogP contribution in [-0.2, 0) is 10.5 Å². The fraction of sp³-hybridized carbons (Fsp3) is 0.100. The molecular formula is C20H17ClN2O2S. The molecule has 4 nitrogen and oxygen atoms in total. The van der Waals surface area contributed by atoms with Gasteiger partial charge in [0.15, 0.2) is 5.75 Å². The number of carbonyl (C=O) groups excluding carboxylic acids is 1. The van der Waals surface area contributed by atoms with Crippen LogP contribution in [0.4, 0.5) is 5.69 Å². The molecule has 1 aromatic heterocycles. The maximum absolute atomic E-state index is 12.3. The van der Waals surface area contributed by atoms with Gasteiger partial charge >= 0.3 is 0 Å². The molecule has 26 heavy (non-hydrogen) atoms. The van der Waals surface area contributed by atoms with E-state index < -0.39 is 0 Å². The van der Waals surface area contributed by atoms with Gasteiger partial charge in [0.2, 0.25) is 5.91 Å². The van der Waals surface area contributed by atoms with Crippen molar-refractivity contribution in [1.82, 2.24) is 4.98 Å². The van der Waals surface area contributed by atoms with E-state index in [0.717, 1.165) is 5.69 Å². The summed E-state index contributed by atoms with van der Waals surface area (Å²) in [7, 11) is 0. The number of carbonyl (C=O) groups is 1. The average molecular weight is 385 g/mol. The Labute approximate surface area is 161 Å². The molecule has 0 unspecified atom stereocenters. The zero-order valence-corrected chi connectivity index (χ0v) is 15.5. The maximum atomic E-state index is 12.3. The van der Waals surface area contributed by atoms with Gasteiger partial charge in [-0.05, 0) is 42.5 Å². The summed E-state index contributed by atoms with van der Waals surface area (Å²) in [4.78, 5) is 16.5. The van der Waals surface area contributed by atoms with Gasteiger partial charge in [0.25, 0.3) is 0 Å². The van der Waals surface area contributed by atoms with Crippen molar-refractivity contribution in [2.24, 2.45) is 0 Å². The standard InChI is InChI=1S/C20H17ClN2O2S/c21-15-9-10-19(25-17-7-2-1-3-8-17)18(12-15)23-20(24)14-26-13-16-6-4-5-11-22-16/h1-12H,13-14H2,(H,23,24). The van der Waals surface area contributed by atoms with Gasteiger partial charge in [-0.25, -0.2) is 0 Å². The van der Waals surface area contributed by atoms with Gasteiger partial charge in [-0.3, -0.25) is 9.78 Å². The highest BCUT2D eigenvalue weighted by atomic mass is 35.5. The Balaban J connectivity index is 1.61. The number of thioether (sulfide) groups is 1. The van der Waals surface area contributed by atoms with Crippen LogP contribution in [0.3, 0.4) is 0 Å². The summed E-state index contributed by atoms with van der Waals surface area (Å²) in [5.41, 5.74) is 1.49. The van der Waals surface area contributed by atoms with E-state index in [1.807, 2.05) is 48.5 Å². The van der Waals surface area contributed by atoms with E-state index in [1.54, 1.807) is 24.4 Å². The first-order chi connectivity index (χ1) is 12.7. The molecule has 0 fully saturated rings. The molecule has 3 rings (SSSR count). The Morgan fingerprint density at radius 3 is 2.65 bits per heavy atom. The maximum Gasteiger partial charge on any atom is 0.234 e. The lowest BCUT2D eigenvalue weighted by Gasteiger charge is -2.12. The lowest BCUT2D eigenvalue weighted by molar-refractivity contribution is -0.113. The monoisotopic (exact) mass is 384 g/mol. The van der Waals surface area contributed by atoms with Crippen LogP contribution >= 0.6 is 23.4 Å². The number of halogens is 1. The van der Waals surface area contributed by atoms with Crippen LogP contribution in [0.25, 0.3) is 0 Å². The number of hydrogen-bond donors (Lipinski definition) is 1. The molecule has 1 heterocycles. The minimum atomic E-state index is -0.119. The molecule has 3 aromatic rings. The SMILES string of the molecule is O=C(CSCc1ccccn1)Nc1cc(Cl)ccc1Oc1ccccc1. The number of pyridine rings is 1. The second-order valence-electron chi connectivity index (χ2n) is 5.42. The minimum absolute atomic E-state index is 0.119. The van der Waals surface area contributed by atoms with Crippen LogP contribution in [0.15, 0.2) is 72.9 Å². The van der Waals surface area contributed by atoms with Gasteiger partial charge in [0.1, 0.15) is 5.75 Å². The van der Waals surface area contributed by atoms with E-state index in [2.05, 4.69) is 10.3 Å². The highest BCUT2D eigenvalue weighted by Crippen LogP contribution is 2.32. The Morgan fingerprint density at radius 2 is 1.88 bits per heavy atom. The zero-order chi connectivity index (χ0) is 18.2. The van der Waals surface area contributed by atoms with Crippen molar-refractivity contribution in [2.75, 3.05) is 11.1 Å². The number of nitrogens with zero attached hydrogens (tertiary/aromatic N) is 1. The van der Waals surface area contributed by atoms with Crippen LogP contribution in [0.2, 0.25) is 5.02 Å². The van der Waals surface area contributed by atoms with E-state index in [1.165, 1.54) is 11.8 Å². The predicted octanol–water partition coefficient (Wildman–Crippen LogP) is 5.40. The van der Waals surface area contributed by atoms with Crippen molar-refractivity contribution < 1.29 is 9.53 Å². The molecule has 1 amide bonds. The molecule has 2 aromatic carbocycles. The molecule has 1 N–H and O–H groups in total. The lowest BCUT2D eigenvalue weighted by atomic mass is 10.3. The second-order valence-corrected chi connectivity index (χ2v) is 6.84. The Hall–Kier alpha value is -2.50. The molecule has 0 radical (unpaired) electrons. The summed E-state index contributed by atoms with van der Waals surface area (Å²) >= 11 is 7.57. The van der Waals surface area contributed by atoms with Gasteiger partial charge < -0.3 is 10.1 Å². The van der Waals surface area contributed by atoms with Crippen LogP contribution in [-0.4, -0.2) is 16.6 Å². The summed E-state index contributed by atoms with van der Waals surface area (Å²) in [6.45, 7) is 0. The van der Waals surface area contributed by atoms with Gasteiger partial charge in [-0.15, -0.1) is 11.8 Å². The fourth-order valence-electron chi connectivity index (χ4n) is 2.22. The molecule has 0 atom stereocenters. The first kappa shape index (κ1) is 18.3. The third kappa shape index (κ3) is 5.51. The summed E-state index contributed by atoms with van der Waals surface area (Å²) in [5, 5.41) is 3.40. The first-order valence-corrected chi connectivity index (χ1v) is 9.54. The van der Waals surface area contributed by atoms with Crippen LogP contribution in [0.1, 0.15) is 5.69 Å². The zero-order valence-electron chi connectivity index (χ0n) is 13.9. The number of rotatable bonds is 7. The number of ether oxygens (including phenoxy) is 1. The smallest absolute Gasteiger partial charge is 0.234 e. The number of anilines is 1. The highest BCUT2D eigenvalue weighted by Gasteiger charge is 2.10. The Morgan fingerprint density at radius 1 is 1.08 bits per heavy atom. The van der Waals surface area contributed by atoms with Crippen molar-refractivity contribution in [3.05, 3.63) is 83.6 Å². The molecule has 6 heteroatoms.